The predicted octanol–water partition coefficient (Wildman–Crippen LogP) is 3.77. The van der Waals surface area contributed by atoms with Crippen molar-refractivity contribution in [2.75, 3.05) is 19.0 Å². The van der Waals surface area contributed by atoms with Gasteiger partial charge in [0.05, 0.1) is 17.1 Å². The number of anilines is 1. The molecule has 0 saturated carbocycles. The van der Waals surface area contributed by atoms with Gasteiger partial charge in [0.2, 0.25) is 10.0 Å². The molecule has 0 radical (unpaired) electrons. The molecule has 1 amide bonds. The highest BCUT2D eigenvalue weighted by Crippen LogP contribution is 2.30. The molecule has 0 aliphatic rings. The smallest absolute Gasteiger partial charge is 0.341 e. The molecule has 1 aromatic heterocycles. The monoisotopic (exact) mass is 438 g/mol. The lowest BCUT2D eigenvalue weighted by atomic mass is 10.2. The number of sulfonamides is 1. The van der Waals surface area contributed by atoms with Crippen molar-refractivity contribution >= 4 is 38.2 Å². The topological polar surface area (TPSA) is 92.8 Å². The fourth-order valence-electron chi connectivity index (χ4n) is 2.49. The normalized spacial score (nSPS) is 11.7. The molecule has 0 fully saturated rings. The van der Waals surface area contributed by atoms with Gasteiger partial charge in [0.25, 0.3) is 5.91 Å². The third-order valence-corrected chi connectivity index (χ3v) is 7.58. The van der Waals surface area contributed by atoms with Crippen LogP contribution in [0.1, 0.15) is 53.3 Å². The van der Waals surface area contributed by atoms with Gasteiger partial charge < -0.3 is 10.1 Å². The molecule has 0 bridgehead atoms. The van der Waals surface area contributed by atoms with E-state index in [1.165, 1.54) is 47.0 Å². The third kappa shape index (κ3) is 5.23. The molecule has 0 unspecified atom stereocenters. The first-order valence-corrected chi connectivity index (χ1v) is 11.6. The van der Waals surface area contributed by atoms with Crippen molar-refractivity contribution in [2.24, 2.45) is 0 Å². The van der Waals surface area contributed by atoms with Gasteiger partial charge in [0.15, 0.2) is 0 Å². The fourth-order valence-corrected chi connectivity index (χ4v) is 4.88. The van der Waals surface area contributed by atoms with Crippen molar-refractivity contribution in [3.8, 4) is 0 Å². The van der Waals surface area contributed by atoms with Gasteiger partial charge in [-0.3, -0.25) is 4.79 Å². The van der Waals surface area contributed by atoms with E-state index >= 15 is 0 Å². The van der Waals surface area contributed by atoms with Crippen LogP contribution >= 0.6 is 11.3 Å². The van der Waals surface area contributed by atoms with Crippen LogP contribution in [-0.4, -0.2) is 44.3 Å². The SMILES string of the molecule is CCOC(=O)c1cc(CC)sc1NC(=O)c1cccc(S(=O)(=O)N(C)C(C)C)c1. The lowest BCUT2D eigenvalue weighted by molar-refractivity contribution is 0.0528. The Balaban J connectivity index is 2.34. The number of nitrogens with zero attached hydrogens (tertiary/aromatic N) is 1. The molecule has 1 N–H and O–H groups in total. The van der Waals surface area contributed by atoms with Gasteiger partial charge in [-0.1, -0.05) is 13.0 Å². The number of nitrogens with one attached hydrogen (secondary N) is 1. The molecule has 0 saturated heterocycles. The van der Waals surface area contributed by atoms with E-state index in [2.05, 4.69) is 5.32 Å². The van der Waals surface area contributed by atoms with Crippen molar-refractivity contribution in [1.29, 1.82) is 0 Å². The van der Waals surface area contributed by atoms with Gasteiger partial charge in [-0.25, -0.2) is 13.2 Å². The van der Waals surface area contributed by atoms with Gasteiger partial charge >= 0.3 is 5.97 Å². The first-order chi connectivity index (χ1) is 13.6. The van der Waals surface area contributed by atoms with E-state index in [1.54, 1.807) is 26.8 Å². The lowest BCUT2D eigenvalue weighted by Gasteiger charge is -2.21. The van der Waals surface area contributed by atoms with E-state index in [4.69, 9.17) is 4.74 Å². The molecule has 0 aliphatic carbocycles. The quantitative estimate of drug-likeness (QED) is 0.634. The van der Waals surface area contributed by atoms with Crippen LogP contribution in [0.4, 0.5) is 5.00 Å². The van der Waals surface area contributed by atoms with Crippen LogP contribution in [0.25, 0.3) is 0 Å². The summed E-state index contributed by atoms with van der Waals surface area (Å²) in [5, 5.41) is 3.11. The number of esters is 1. The summed E-state index contributed by atoms with van der Waals surface area (Å²) in [4.78, 5) is 25.9. The standard InChI is InChI=1S/C20H26N2O5S2/c1-6-15-12-17(20(24)27-7-2)19(28-15)21-18(23)14-9-8-10-16(11-14)29(25,26)22(5)13(3)4/h8-13H,6-7H2,1-5H3,(H,21,23). The van der Waals surface area contributed by atoms with Crippen molar-refractivity contribution in [3.05, 3.63) is 46.3 Å². The number of thiophene rings is 1. The van der Waals surface area contributed by atoms with Gasteiger partial charge in [-0.15, -0.1) is 11.3 Å². The van der Waals surface area contributed by atoms with Gasteiger partial charge in [0, 0.05) is 23.5 Å². The number of carbonyl (C=O) groups is 2. The summed E-state index contributed by atoms with van der Waals surface area (Å²) in [6.07, 6.45) is 0.711. The molecule has 2 aromatic rings. The Hall–Kier alpha value is -2.23. The summed E-state index contributed by atoms with van der Waals surface area (Å²) in [7, 11) is -2.22. The van der Waals surface area contributed by atoms with Crippen molar-refractivity contribution < 1.29 is 22.7 Å². The number of carbonyl (C=O) groups excluding carboxylic acids is 2. The van der Waals surface area contributed by atoms with Crippen LogP contribution in [0, 0.1) is 0 Å². The second kappa shape index (κ2) is 9.51. The second-order valence-electron chi connectivity index (χ2n) is 6.63. The number of amides is 1. The average molecular weight is 439 g/mol. The number of hydrogen-bond donors (Lipinski definition) is 1. The average Bonchev–Trinajstić information content (AvgIpc) is 3.10. The summed E-state index contributed by atoms with van der Waals surface area (Å²) in [5.74, 6) is -1.00. The number of benzene rings is 1. The van der Waals surface area contributed by atoms with E-state index in [0.717, 1.165) is 4.88 Å². The highest BCUT2D eigenvalue weighted by molar-refractivity contribution is 7.89. The van der Waals surface area contributed by atoms with Crippen LogP contribution in [0.15, 0.2) is 35.2 Å². The Morgan fingerprint density at radius 3 is 2.48 bits per heavy atom. The molecular formula is C20H26N2O5S2. The van der Waals surface area contributed by atoms with Crippen LogP contribution in [0.2, 0.25) is 0 Å². The Morgan fingerprint density at radius 2 is 1.90 bits per heavy atom. The summed E-state index contributed by atoms with van der Waals surface area (Å²) in [6, 6.07) is 7.33. The minimum absolute atomic E-state index is 0.0346. The summed E-state index contributed by atoms with van der Waals surface area (Å²) in [5.41, 5.74) is 0.481. The molecule has 1 heterocycles. The Morgan fingerprint density at radius 1 is 1.21 bits per heavy atom. The molecule has 9 heteroatoms. The van der Waals surface area contributed by atoms with Crippen LogP contribution in [-0.2, 0) is 21.2 Å². The first-order valence-electron chi connectivity index (χ1n) is 9.31. The zero-order chi connectivity index (χ0) is 21.8. The van der Waals surface area contributed by atoms with Crippen molar-refractivity contribution in [3.63, 3.8) is 0 Å². The van der Waals surface area contributed by atoms with Crippen molar-refractivity contribution in [1.82, 2.24) is 4.31 Å². The van der Waals surface area contributed by atoms with Crippen LogP contribution in [0.5, 0.6) is 0 Å². The molecule has 0 spiro atoms. The molecule has 0 aliphatic heterocycles. The van der Waals surface area contributed by atoms with E-state index in [-0.39, 0.29) is 23.1 Å². The lowest BCUT2D eigenvalue weighted by Crippen LogP contribution is -2.33. The van der Waals surface area contributed by atoms with E-state index in [0.29, 0.717) is 17.0 Å². The van der Waals surface area contributed by atoms with Crippen LogP contribution in [0.3, 0.4) is 0 Å². The Kier molecular flexibility index (Phi) is 7.56. The first kappa shape index (κ1) is 23.1. The maximum Gasteiger partial charge on any atom is 0.341 e. The third-order valence-electron chi connectivity index (χ3n) is 4.35. The van der Waals surface area contributed by atoms with Gasteiger partial charge in [-0.05, 0) is 51.5 Å². The highest BCUT2D eigenvalue weighted by atomic mass is 32.2. The molecule has 0 atom stereocenters. The van der Waals surface area contributed by atoms with Gasteiger partial charge in [-0.2, -0.15) is 4.31 Å². The molecule has 1 aromatic carbocycles. The molecule has 29 heavy (non-hydrogen) atoms. The maximum atomic E-state index is 12.8. The van der Waals surface area contributed by atoms with Gasteiger partial charge in [0.1, 0.15) is 5.00 Å². The second-order valence-corrected chi connectivity index (χ2v) is 9.76. The van der Waals surface area contributed by atoms with Crippen molar-refractivity contribution in [2.45, 2.75) is 45.1 Å². The van der Waals surface area contributed by atoms with Crippen LogP contribution < -0.4 is 5.32 Å². The summed E-state index contributed by atoms with van der Waals surface area (Å²) in [6.45, 7) is 7.43. The Labute approximate surface area is 175 Å². The predicted molar refractivity (Wildman–Crippen MR) is 114 cm³/mol. The number of rotatable bonds is 8. The highest BCUT2D eigenvalue weighted by Gasteiger charge is 2.24. The zero-order valence-corrected chi connectivity index (χ0v) is 18.8. The largest absolute Gasteiger partial charge is 0.462 e. The van der Waals surface area contributed by atoms with E-state index < -0.39 is 21.9 Å². The fraction of sp³-hybridized carbons (Fsp3) is 0.400. The number of ether oxygens (including phenoxy) is 1. The van der Waals surface area contributed by atoms with E-state index in [1.807, 2.05) is 6.92 Å². The molecule has 158 valence electrons. The molecular weight excluding hydrogens is 412 g/mol. The maximum absolute atomic E-state index is 12.8. The number of hydrogen-bond acceptors (Lipinski definition) is 6. The minimum atomic E-state index is -3.71. The summed E-state index contributed by atoms with van der Waals surface area (Å²) >= 11 is 1.30. The number of aryl methyl sites for hydroxylation is 1. The Bertz CT molecular complexity index is 996. The summed E-state index contributed by atoms with van der Waals surface area (Å²) < 4.78 is 31.7. The zero-order valence-electron chi connectivity index (χ0n) is 17.2. The van der Waals surface area contributed by atoms with E-state index in [9.17, 15) is 18.0 Å². The molecule has 7 nitrogen and oxygen atoms in total. The minimum Gasteiger partial charge on any atom is -0.462 e. The molecule has 2 rings (SSSR count).